The van der Waals surface area contributed by atoms with Crippen LogP contribution in [0.3, 0.4) is 0 Å². The van der Waals surface area contributed by atoms with Gasteiger partial charge in [0.2, 0.25) is 0 Å². The molecule has 0 heterocycles. The van der Waals surface area contributed by atoms with Gasteiger partial charge in [-0.15, -0.1) is 0 Å². The molecule has 0 amide bonds. The summed E-state index contributed by atoms with van der Waals surface area (Å²) in [6, 6.07) is 0. The van der Waals surface area contributed by atoms with Crippen LogP contribution in [0.15, 0.2) is 11.1 Å². The summed E-state index contributed by atoms with van der Waals surface area (Å²) in [6.07, 6.45) is 17.1. The van der Waals surface area contributed by atoms with E-state index in [2.05, 4.69) is 13.8 Å². The first-order chi connectivity index (χ1) is 9.75. The second-order valence-corrected chi connectivity index (χ2v) is 6.47. The molecular weight excluding hydrogens is 244 g/mol. The summed E-state index contributed by atoms with van der Waals surface area (Å²) in [5.74, 6) is 0.458. The normalized spacial score (nSPS) is 22.0. The topological polar surface area (TPSA) is 17.1 Å². The van der Waals surface area contributed by atoms with Gasteiger partial charge >= 0.3 is 0 Å². The predicted molar refractivity (Wildman–Crippen MR) is 88.0 cm³/mol. The van der Waals surface area contributed by atoms with Gasteiger partial charge in [0, 0.05) is 6.42 Å². The lowest BCUT2D eigenvalue weighted by atomic mass is 9.91. The number of carbonyl (C=O) groups is 1. The fourth-order valence-electron chi connectivity index (χ4n) is 3.18. The Hall–Kier alpha value is -0.590. The molecule has 0 unspecified atom stereocenters. The molecule has 0 spiro atoms. The number of Topliss-reactive ketones (excluding diaryl/α,β-unsaturated/α-hetero) is 1. The molecule has 0 radical (unpaired) electrons. The minimum Gasteiger partial charge on any atom is -0.295 e. The van der Waals surface area contributed by atoms with Crippen LogP contribution in [0.1, 0.15) is 104 Å². The first-order valence-electron chi connectivity index (χ1n) is 8.97. The molecule has 0 atom stereocenters. The number of hydrogen-bond acceptors (Lipinski definition) is 1. The molecule has 1 rings (SSSR count). The standard InChI is InChI=1S/C19H34O/c1-3-4-11-14-17(2)18-15-12-9-7-5-6-8-10-13-16-19(18)20/h3-16H2,1-2H3/b18-17+. The average Bonchev–Trinajstić information content (AvgIpc) is 2.43. The largest absolute Gasteiger partial charge is 0.295 e. The van der Waals surface area contributed by atoms with Gasteiger partial charge in [0.1, 0.15) is 0 Å². The lowest BCUT2D eigenvalue weighted by molar-refractivity contribution is -0.115. The second kappa shape index (κ2) is 11.1. The molecule has 20 heavy (non-hydrogen) atoms. The molecule has 0 aromatic carbocycles. The van der Waals surface area contributed by atoms with E-state index >= 15 is 0 Å². The van der Waals surface area contributed by atoms with Gasteiger partial charge in [-0.2, -0.15) is 0 Å². The molecular formula is C19H34O. The highest BCUT2D eigenvalue weighted by atomic mass is 16.1. The van der Waals surface area contributed by atoms with Crippen molar-refractivity contribution < 1.29 is 4.79 Å². The summed E-state index contributed by atoms with van der Waals surface area (Å²) in [5.41, 5.74) is 2.59. The highest BCUT2D eigenvalue weighted by Crippen LogP contribution is 2.23. The van der Waals surface area contributed by atoms with Gasteiger partial charge < -0.3 is 0 Å². The number of ketones is 1. The van der Waals surface area contributed by atoms with Crippen LogP contribution in [-0.2, 0) is 4.79 Å². The quantitative estimate of drug-likeness (QED) is 0.431. The summed E-state index contributed by atoms with van der Waals surface area (Å²) in [6.45, 7) is 4.44. The van der Waals surface area contributed by atoms with Crippen molar-refractivity contribution in [2.45, 2.75) is 104 Å². The lowest BCUT2D eigenvalue weighted by Crippen LogP contribution is -2.06. The lowest BCUT2D eigenvalue weighted by Gasteiger charge is -2.13. The van der Waals surface area contributed by atoms with Crippen LogP contribution in [0.2, 0.25) is 0 Å². The van der Waals surface area contributed by atoms with Gasteiger partial charge in [0.05, 0.1) is 0 Å². The second-order valence-electron chi connectivity index (χ2n) is 6.47. The minimum atomic E-state index is 0.458. The third kappa shape index (κ3) is 7.26. The van der Waals surface area contributed by atoms with Crippen LogP contribution in [0.5, 0.6) is 0 Å². The van der Waals surface area contributed by atoms with E-state index in [0.29, 0.717) is 5.78 Å². The zero-order chi connectivity index (χ0) is 14.6. The van der Waals surface area contributed by atoms with Crippen LogP contribution >= 0.6 is 0 Å². The van der Waals surface area contributed by atoms with E-state index in [0.717, 1.165) is 25.7 Å². The molecule has 0 aromatic heterocycles. The highest BCUT2D eigenvalue weighted by Gasteiger charge is 2.13. The van der Waals surface area contributed by atoms with Crippen LogP contribution in [0.25, 0.3) is 0 Å². The van der Waals surface area contributed by atoms with Crippen molar-refractivity contribution >= 4 is 5.78 Å². The Labute approximate surface area is 126 Å². The summed E-state index contributed by atoms with van der Waals surface area (Å²) in [4.78, 5) is 12.4. The molecule has 1 saturated carbocycles. The van der Waals surface area contributed by atoms with E-state index < -0.39 is 0 Å². The van der Waals surface area contributed by atoms with Crippen molar-refractivity contribution in [2.75, 3.05) is 0 Å². The Morgan fingerprint density at radius 1 is 0.850 bits per heavy atom. The number of rotatable bonds is 4. The van der Waals surface area contributed by atoms with Gasteiger partial charge in [-0.1, -0.05) is 63.9 Å². The van der Waals surface area contributed by atoms with E-state index in [9.17, 15) is 4.79 Å². The first kappa shape index (κ1) is 17.5. The maximum Gasteiger partial charge on any atom is 0.158 e. The Bertz CT molecular complexity index is 301. The molecule has 1 fully saturated rings. The van der Waals surface area contributed by atoms with E-state index in [1.807, 2.05) is 0 Å². The Morgan fingerprint density at radius 2 is 1.40 bits per heavy atom. The van der Waals surface area contributed by atoms with Gasteiger partial charge in [0.15, 0.2) is 5.78 Å². The number of allylic oxidation sites excluding steroid dienone is 2. The van der Waals surface area contributed by atoms with Crippen LogP contribution in [0, 0.1) is 0 Å². The zero-order valence-corrected chi connectivity index (χ0v) is 13.8. The van der Waals surface area contributed by atoms with Crippen molar-refractivity contribution in [3.63, 3.8) is 0 Å². The van der Waals surface area contributed by atoms with Gasteiger partial charge in [-0.05, 0) is 44.6 Å². The molecule has 1 aliphatic carbocycles. The predicted octanol–water partition coefficient (Wildman–Crippen LogP) is 6.37. The van der Waals surface area contributed by atoms with Crippen molar-refractivity contribution in [2.24, 2.45) is 0 Å². The average molecular weight is 278 g/mol. The summed E-state index contributed by atoms with van der Waals surface area (Å²) in [5, 5.41) is 0. The van der Waals surface area contributed by atoms with Gasteiger partial charge in [-0.25, -0.2) is 0 Å². The van der Waals surface area contributed by atoms with Gasteiger partial charge in [-0.3, -0.25) is 4.79 Å². The molecule has 0 N–H and O–H groups in total. The van der Waals surface area contributed by atoms with Crippen LogP contribution < -0.4 is 0 Å². The third-order valence-electron chi connectivity index (χ3n) is 4.59. The summed E-state index contributed by atoms with van der Waals surface area (Å²) in [7, 11) is 0. The fourth-order valence-corrected chi connectivity index (χ4v) is 3.18. The van der Waals surface area contributed by atoms with Crippen LogP contribution in [-0.4, -0.2) is 5.78 Å². The molecule has 0 bridgehead atoms. The van der Waals surface area contributed by atoms with Crippen LogP contribution in [0.4, 0.5) is 0 Å². The maximum atomic E-state index is 12.4. The molecule has 1 heteroatoms. The monoisotopic (exact) mass is 278 g/mol. The molecule has 0 aromatic rings. The third-order valence-corrected chi connectivity index (χ3v) is 4.59. The summed E-state index contributed by atoms with van der Waals surface area (Å²) < 4.78 is 0. The molecule has 0 saturated heterocycles. The SMILES string of the molecule is CCCCC/C(C)=C1\CCCCCCCCCCC1=O. The van der Waals surface area contributed by atoms with E-state index in [4.69, 9.17) is 0 Å². The van der Waals surface area contributed by atoms with Crippen molar-refractivity contribution in [1.82, 2.24) is 0 Å². The van der Waals surface area contributed by atoms with Crippen molar-refractivity contribution in [3.8, 4) is 0 Å². The molecule has 116 valence electrons. The van der Waals surface area contributed by atoms with E-state index in [-0.39, 0.29) is 0 Å². The molecule has 0 aliphatic heterocycles. The molecule has 1 aliphatic rings. The summed E-state index contributed by atoms with van der Waals surface area (Å²) >= 11 is 0. The Balaban J connectivity index is 2.59. The minimum absolute atomic E-state index is 0.458. The Kier molecular flexibility index (Phi) is 9.70. The number of hydrogen-bond donors (Lipinski definition) is 0. The number of carbonyl (C=O) groups excluding carboxylic acids is 1. The smallest absolute Gasteiger partial charge is 0.158 e. The fraction of sp³-hybridized carbons (Fsp3) is 0.842. The first-order valence-corrected chi connectivity index (χ1v) is 8.97. The Morgan fingerprint density at radius 3 is 2.00 bits per heavy atom. The van der Waals surface area contributed by atoms with Crippen molar-refractivity contribution in [1.29, 1.82) is 0 Å². The van der Waals surface area contributed by atoms with Crippen molar-refractivity contribution in [3.05, 3.63) is 11.1 Å². The number of unbranched alkanes of at least 4 members (excludes halogenated alkanes) is 2. The highest BCUT2D eigenvalue weighted by molar-refractivity contribution is 5.95. The van der Waals surface area contributed by atoms with Gasteiger partial charge in [0.25, 0.3) is 0 Å². The van der Waals surface area contributed by atoms with E-state index in [1.54, 1.807) is 0 Å². The maximum absolute atomic E-state index is 12.4. The molecule has 1 nitrogen and oxygen atoms in total. The van der Waals surface area contributed by atoms with E-state index in [1.165, 1.54) is 75.4 Å². The zero-order valence-electron chi connectivity index (χ0n) is 13.8.